The quantitative estimate of drug-likeness (QED) is 0.592. The van der Waals surface area contributed by atoms with E-state index in [1.807, 2.05) is 0 Å². The van der Waals surface area contributed by atoms with Crippen molar-refractivity contribution in [2.75, 3.05) is 39.4 Å². The predicted octanol–water partition coefficient (Wildman–Crippen LogP) is 1.27. The summed E-state index contributed by atoms with van der Waals surface area (Å²) in [6.45, 7) is 3.45. The van der Waals surface area contributed by atoms with Gasteiger partial charge in [-0.1, -0.05) is 6.07 Å². The fourth-order valence-corrected chi connectivity index (χ4v) is 2.28. The first kappa shape index (κ1) is 17.5. The number of piperazine rings is 1. The number of nitro benzene ring substituents is 1. The van der Waals surface area contributed by atoms with Crippen LogP contribution < -0.4 is 4.74 Å². The highest BCUT2D eigenvalue weighted by Gasteiger charge is 2.25. The van der Waals surface area contributed by atoms with Crippen LogP contribution in [0.2, 0.25) is 0 Å². The number of nitrogens with zero attached hydrogens (tertiary/aromatic N) is 3. The summed E-state index contributed by atoms with van der Waals surface area (Å²) in [6, 6.07) is 5.67. The van der Waals surface area contributed by atoms with Crippen molar-refractivity contribution >= 4 is 17.7 Å². The Hall–Kier alpha value is -2.84. The van der Waals surface area contributed by atoms with E-state index in [-0.39, 0.29) is 30.0 Å². The van der Waals surface area contributed by atoms with Gasteiger partial charge in [-0.2, -0.15) is 0 Å². The second-order valence-corrected chi connectivity index (χ2v) is 5.11. The minimum Gasteiger partial charge on any atom is -0.484 e. The van der Waals surface area contributed by atoms with Crippen LogP contribution in [0.15, 0.2) is 24.3 Å². The molecule has 0 aromatic heterocycles. The number of nitro groups is 1. The Bertz CT molecular complexity index is 613. The predicted molar refractivity (Wildman–Crippen MR) is 83.8 cm³/mol. The van der Waals surface area contributed by atoms with Gasteiger partial charge in [-0.05, 0) is 13.0 Å². The lowest BCUT2D eigenvalue weighted by Gasteiger charge is -2.33. The van der Waals surface area contributed by atoms with Gasteiger partial charge in [0, 0.05) is 32.2 Å². The minimum atomic E-state index is -0.525. The van der Waals surface area contributed by atoms with Gasteiger partial charge in [0.15, 0.2) is 6.61 Å². The van der Waals surface area contributed by atoms with Gasteiger partial charge in [-0.3, -0.25) is 14.9 Å². The molecule has 1 aromatic carbocycles. The molecule has 1 saturated heterocycles. The Morgan fingerprint density at radius 3 is 2.50 bits per heavy atom. The number of hydrogen-bond acceptors (Lipinski definition) is 6. The number of benzene rings is 1. The van der Waals surface area contributed by atoms with E-state index < -0.39 is 4.92 Å². The summed E-state index contributed by atoms with van der Waals surface area (Å²) in [4.78, 5) is 37.0. The molecule has 1 fully saturated rings. The van der Waals surface area contributed by atoms with Gasteiger partial charge < -0.3 is 19.3 Å². The summed E-state index contributed by atoms with van der Waals surface area (Å²) in [6.07, 6.45) is -0.377. The summed E-state index contributed by atoms with van der Waals surface area (Å²) >= 11 is 0. The van der Waals surface area contributed by atoms with Crippen LogP contribution in [0.1, 0.15) is 6.92 Å². The van der Waals surface area contributed by atoms with E-state index >= 15 is 0 Å². The van der Waals surface area contributed by atoms with Gasteiger partial charge in [-0.25, -0.2) is 4.79 Å². The lowest BCUT2D eigenvalue weighted by molar-refractivity contribution is -0.384. The van der Waals surface area contributed by atoms with E-state index in [0.717, 1.165) is 0 Å². The minimum absolute atomic E-state index is 0.0944. The molecule has 130 valence electrons. The van der Waals surface area contributed by atoms with E-state index in [4.69, 9.17) is 9.47 Å². The second kappa shape index (κ2) is 8.14. The molecule has 0 aliphatic carbocycles. The Labute approximate surface area is 138 Å². The maximum absolute atomic E-state index is 12.1. The smallest absolute Gasteiger partial charge is 0.409 e. The van der Waals surface area contributed by atoms with Crippen LogP contribution in [-0.2, 0) is 9.53 Å². The number of non-ortho nitro benzene ring substituents is 1. The molecule has 0 radical (unpaired) electrons. The van der Waals surface area contributed by atoms with Crippen molar-refractivity contribution < 1.29 is 24.0 Å². The molecule has 0 unspecified atom stereocenters. The van der Waals surface area contributed by atoms with Crippen molar-refractivity contribution in [3.05, 3.63) is 34.4 Å². The summed E-state index contributed by atoms with van der Waals surface area (Å²) < 4.78 is 10.2. The summed E-state index contributed by atoms with van der Waals surface area (Å²) in [7, 11) is 0. The molecule has 1 heterocycles. The van der Waals surface area contributed by atoms with Crippen molar-refractivity contribution in [3.8, 4) is 5.75 Å². The first-order chi connectivity index (χ1) is 11.5. The van der Waals surface area contributed by atoms with Gasteiger partial charge in [0.05, 0.1) is 17.6 Å². The van der Waals surface area contributed by atoms with E-state index in [0.29, 0.717) is 32.8 Å². The fourth-order valence-electron chi connectivity index (χ4n) is 2.28. The average Bonchev–Trinajstić information content (AvgIpc) is 2.60. The van der Waals surface area contributed by atoms with Crippen molar-refractivity contribution in [1.29, 1.82) is 0 Å². The standard InChI is InChI=1S/C15H19N3O6/c1-2-23-15(20)17-8-6-16(7-9-17)14(19)11-24-13-5-3-4-12(10-13)18(21)22/h3-5,10H,2,6-9,11H2,1H3. The van der Waals surface area contributed by atoms with E-state index in [9.17, 15) is 19.7 Å². The number of amides is 2. The molecule has 24 heavy (non-hydrogen) atoms. The van der Waals surface area contributed by atoms with Crippen molar-refractivity contribution in [1.82, 2.24) is 9.80 Å². The van der Waals surface area contributed by atoms with Crippen LogP contribution in [0, 0.1) is 10.1 Å². The molecule has 2 amide bonds. The third-order valence-corrected chi connectivity index (χ3v) is 3.55. The summed E-state index contributed by atoms with van der Waals surface area (Å²) in [5.74, 6) is 0.0349. The molecule has 0 atom stereocenters. The van der Waals surface area contributed by atoms with Crippen LogP contribution in [0.4, 0.5) is 10.5 Å². The molecule has 0 N–H and O–H groups in total. The molecule has 9 nitrogen and oxygen atoms in total. The molecule has 0 spiro atoms. The Kier molecular flexibility index (Phi) is 5.94. The van der Waals surface area contributed by atoms with Crippen LogP contribution >= 0.6 is 0 Å². The molecule has 0 saturated carbocycles. The van der Waals surface area contributed by atoms with Gasteiger partial charge in [0.1, 0.15) is 5.75 Å². The number of ether oxygens (including phenoxy) is 2. The van der Waals surface area contributed by atoms with Gasteiger partial charge >= 0.3 is 6.09 Å². The second-order valence-electron chi connectivity index (χ2n) is 5.11. The van der Waals surface area contributed by atoms with Crippen LogP contribution in [0.25, 0.3) is 0 Å². The van der Waals surface area contributed by atoms with Crippen LogP contribution in [0.3, 0.4) is 0 Å². The maximum Gasteiger partial charge on any atom is 0.409 e. The molecule has 1 aromatic rings. The van der Waals surface area contributed by atoms with Gasteiger partial charge in [0.2, 0.25) is 0 Å². The zero-order valence-electron chi connectivity index (χ0n) is 13.3. The molecule has 1 aliphatic heterocycles. The first-order valence-corrected chi connectivity index (χ1v) is 7.58. The fraction of sp³-hybridized carbons (Fsp3) is 0.467. The third kappa shape index (κ3) is 4.58. The van der Waals surface area contributed by atoms with Crippen LogP contribution in [-0.4, -0.2) is 66.1 Å². The van der Waals surface area contributed by atoms with E-state index in [1.54, 1.807) is 22.8 Å². The van der Waals surface area contributed by atoms with Crippen LogP contribution in [0.5, 0.6) is 5.75 Å². The maximum atomic E-state index is 12.1. The zero-order chi connectivity index (χ0) is 17.5. The van der Waals surface area contributed by atoms with Crippen molar-refractivity contribution in [2.24, 2.45) is 0 Å². The van der Waals surface area contributed by atoms with E-state index in [2.05, 4.69) is 0 Å². The van der Waals surface area contributed by atoms with Gasteiger partial charge in [-0.15, -0.1) is 0 Å². The van der Waals surface area contributed by atoms with Crippen molar-refractivity contribution in [3.63, 3.8) is 0 Å². The molecule has 2 rings (SSSR count). The lowest BCUT2D eigenvalue weighted by atomic mass is 10.3. The first-order valence-electron chi connectivity index (χ1n) is 7.58. The topological polar surface area (TPSA) is 102 Å². The highest BCUT2D eigenvalue weighted by Crippen LogP contribution is 2.19. The Morgan fingerprint density at radius 1 is 1.21 bits per heavy atom. The highest BCUT2D eigenvalue weighted by atomic mass is 16.6. The molecule has 1 aliphatic rings. The molecular weight excluding hydrogens is 318 g/mol. The third-order valence-electron chi connectivity index (χ3n) is 3.55. The molecule has 9 heteroatoms. The summed E-state index contributed by atoms with van der Waals surface area (Å²) in [5, 5.41) is 10.7. The lowest BCUT2D eigenvalue weighted by Crippen LogP contribution is -2.51. The monoisotopic (exact) mass is 337 g/mol. The molecule has 0 bridgehead atoms. The average molecular weight is 337 g/mol. The summed E-state index contributed by atoms with van der Waals surface area (Å²) in [5.41, 5.74) is -0.0944. The number of carbonyl (C=O) groups is 2. The SMILES string of the molecule is CCOC(=O)N1CCN(C(=O)COc2cccc([N+](=O)[O-])c2)CC1. The normalized spacial score (nSPS) is 14.2. The number of rotatable bonds is 5. The number of hydrogen-bond donors (Lipinski definition) is 0. The highest BCUT2D eigenvalue weighted by molar-refractivity contribution is 5.78. The largest absolute Gasteiger partial charge is 0.484 e. The van der Waals surface area contributed by atoms with Gasteiger partial charge in [0.25, 0.3) is 11.6 Å². The number of carbonyl (C=O) groups excluding carboxylic acids is 2. The molecular formula is C15H19N3O6. The Balaban J connectivity index is 1.81. The van der Waals surface area contributed by atoms with E-state index in [1.165, 1.54) is 18.2 Å². The zero-order valence-corrected chi connectivity index (χ0v) is 13.3. The Morgan fingerprint density at radius 2 is 1.88 bits per heavy atom. The van der Waals surface area contributed by atoms with Crippen molar-refractivity contribution in [2.45, 2.75) is 6.92 Å².